The zero-order chi connectivity index (χ0) is 16.3. The third-order valence-electron chi connectivity index (χ3n) is 1.97. The van der Waals surface area contributed by atoms with Crippen molar-refractivity contribution in [3.8, 4) is 5.75 Å². The fourth-order valence-corrected chi connectivity index (χ4v) is 4.81. The van der Waals surface area contributed by atoms with Gasteiger partial charge in [-0.05, 0) is 29.1 Å². The lowest BCUT2D eigenvalue weighted by Crippen LogP contribution is -2.18. The van der Waals surface area contributed by atoms with Gasteiger partial charge in [0.1, 0.15) is 10.6 Å². The van der Waals surface area contributed by atoms with Crippen LogP contribution >= 0.6 is 11.8 Å². The Morgan fingerprint density at radius 2 is 1.90 bits per heavy atom. The maximum atomic E-state index is 12.3. The van der Waals surface area contributed by atoms with Crippen LogP contribution in [0.15, 0.2) is 32.9 Å². The van der Waals surface area contributed by atoms with Crippen LogP contribution in [0.4, 0.5) is 18.0 Å². The van der Waals surface area contributed by atoms with Crippen LogP contribution in [-0.2, 0) is 20.7 Å². The molecule has 0 bridgehead atoms. The van der Waals surface area contributed by atoms with Crippen LogP contribution in [0.2, 0.25) is 0 Å². The lowest BCUT2D eigenvalue weighted by atomic mass is 10.3. The van der Waals surface area contributed by atoms with Crippen LogP contribution < -0.4 is 4.74 Å². The molecule has 0 spiro atoms. The Kier molecular flexibility index (Phi) is 5.82. The van der Waals surface area contributed by atoms with E-state index in [1.165, 1.54) is 24.6 Å². The van der Waals surface area contributed by atoms with Gasteiger partial charge in [0.25, 0.3) is 14.5 Å². The fourth-order valence-electron chi connectivity index (χ4n) is 1.21. The maximum Gasteiger partial charge on any atom is 0.573 e. The second-order valence-electron chi connectivity index (χ2n) is 3.48. The summed E-state index contributed by atoms with van der Waals surface area (Å²) in [4.78, 5) is 10.6. The molecule has 0 heterocycles. The van der Waals surface area contributed by atoms with E-state index in [2.05, 4.69) is 8.50 Å². The first-order valence-corrected chi connectivity index (χ1v) is 9.39. The van der Waals surface area contributed by atoms with E-state index in [0.29, 0.717) is 0 Å². The van der Waals surface area contributed by atoms with Crippen molar-refractivity contribution in [2.24, 2.45) is 3.77 Å². The number of sulfonamides is 1. The van der Waals surface area contributed by atoms with Gasteiger partial charge in [0.05, 0.1) is 0 Å². The van der Waals surface area contributed by atoms with Crippen molar-refractivity contribution < 1.29 is 31.1 Å². The van der Waals surface area contributed by atoms with E-state index < -0.39 is 42.2 Å². The Bertz CT molecular complexity index is 670. The highest BCUT2D eigenvalue weighted by atomic mass is 32.3. The molecule has 0 saturated heterocycles. The number of para-hydroxylation sites is 1. The van der Waals surface area contributed by atoms with Gasteiger partial charge in [-0.3, -0.25) is 4.79 Å². The molecule has 0 saturated carbocycles. The molecular weight excluding hydrogens is 351 g/mol. The number of thioether (sulfide) groups is 1. The van der Waals surface area contributed by atoms with E-state index in [4.69, 9.17) is 0 Å². The summed E-state index contributed by atoms with van der Waals surface area (Å²) in [6, 6.07) is 4.22. The molecule has 0 aliphatic carbocycles. The highest BCUT2D eigenvalue weighted by molar-refractivity contribution is 8.34. The third kappa shape index (κ3) is 5.32. The van der Waals surface area contributed by atoms with Crippen molar-refractivity contribution in [3.05, 3.63) is 24.3 Å². The van der Waals surface area contributed by atoms with Gasteiger partial charge in [0.15, 0.2) is 0 Å². The number of hydrogen-bond acceptors (Lipinski definition) is 5. The first-order chi connectivity index (χ1) is 9.57. The molecule has 11 heteroatoms. The van der Waals surface area contributed by atoms with Crippen LogP contribution in [0.1, 0.15) is 0 Å². The number of ether oxygens (including phenoxy) is 1. The van der Waals surface area contributed by atoms with Crippen molar-refractivity contribution in [1.29, 1.82) is 0 Å². The van der Waals surface area contributed by atoms with Crippen molar-refractivity contribution in [2.45, 2.75) is 11.3 Å². The smallest absolute Gasteiger partial charge is 0.404 e. The maximum absolute atomic E-state index is 12.3. The summed E-state index contributed by atoms with van der Waals surface area (Å²) in [5.74, 6) is -0.887. The number of alkyl halides is 3. The summed E-state index contributed by atoms with van der Waals surface area (Å²) in [6.45, 7) is 0. The van der Waals surface area contributed by atoms with Gasteiger partial charge in [0, 0.05) is 6.26 Å². The predicted octanol–water partition coefficient (Wildman–Crippen LogP) is 3.19. The highest BCUT2D eigenvalue weighted by Crippen LogP contribution is 2.30. The highest BCUT2D eigenvalue weighted by Gasteiger charge is 2.34. The second kappa shape index (κ2) is 6.79. The molecule has 1 unspecified atom stereocenters. The van der Waals surface area contributed by atoms with Crippen LogP contribution in [0.3, 0.4) is 0 Å². The molecule has 118 valence electrons. The van der Waals surface area contributed by atoms with Crippen LogP contribution in [0, 0.1) is 0 Å². The van der Waals surface area contributed by atoms with E-state index in [1.807, 2.05) is 0 Å². The van der Waals surface area contributed by atoms with E-state index in [9.17, 15) is 26.4 Å². The average molecular weight is 361 g/mol. The molecule has 1 aromatic carbocycles. The van der Waals surface area contributed by atoms with Gasteiger partial charge >= 0.3 is 6.36 Å². The Labute approximate surface area is 126 Å². The zero-order valence-electron chi connectivity index (χ0n) is 10.7. The van der Waals surface area contributed by atoms with Gasteiger partial charge in [-0.15, -0.1) is 16.9 Å². The summed E-state index contributed by atoms with van der Waals surface area (Å²) in [7, 11) is -5.93. The quantitative estimate of drug-likeness (QED) is 0.827. The van der Waals surface area contributed by atoms with Gasteiger partial charge in [0.2, 0.25) is 0 Å². The average Bonchev–Trinajstić information content (AvgIpc) is 2.35. The Balaban J connectivity index is 3.30. The predicted molar refractivity (Wildman–Crippen MR) is 74.9 cm³/mol. The molecule has 0 N–H and O–H groups in total. The summed E-state index contributed by atoms with van der Waals surface area (Å²) in [5, 5.41) is 0. The number of carbonyl (C=O) groups excluding carboxylic acids is 1. The number of hydrogen-bond donors (Lipinski definition) is 0. The number of carbonyl (C=O) groups is 1. The van der Waals surface area contributed by atoms with Gasteiger partial charge in [-0.25, -0.2) is 0 Å². The minimum absolute atomic E-state index is 0.493. The lowest BCUT2D eigenvalue weighted by Gasteiger charge is -2.11. The zero-order valence-corrected chi connectivity index (χ0v) is 13.2. The monoisotopic (exact) mass is 361 g/mol. The number of rotatable bonds is 3. The summed E-state index contributed by atoms with van der Waals surface area (Å²) in [5.41, 5.74) is 0. The Morgan fingerprint density at radius 1 is 1.33 bits per heavy atom. The first kappa shape index (κ1) is 18.0. The number of nitrogens with zero attached hydrogens (tertiary/aromatic N) is 1. The summed E-state index contributed by atoms with van der Waals surface area (Å²) in [6.07, 6.45) is -2.31. The standard InChI is InChI=1S/C10H10F3NO4S3/c1-19-9(15)20(2)14-21(16,17)8-6-4-3-5-7(8)18-10(11,12)13/h3-6H,1-2H3. The summed E-state index contributed by atoms with van der Waals surface area (Å²) >= 11 is 0.787. The summed E-state index contributed by atoms with van der Waals surface area (Å²) < 4.78 is 67.2. The second-order valence-corrected chi connectivity index (χ2v) is 7.83. The molecular formula is C10H10F3NO4S3. The SMILES string of the molecule is CSC(=O)S(C)=NS(=O)(=O)c1ccccc1OC(F)(F)F. The van der Waals surface area contributed by atoms with E-state index in [1.54, 1.807) is 0 Å². The normalized spacial score (nSPS) is 14.0. The van der Waals surface area contributed by atoms with Gasteiger partial charge in [-0.2, -0.15) is 8.42 Å². The molecule has 21 heavy (non-hydrogen) atoms. The molecule has 1 rings (SSSR count). The largest absolute Gasteiger partial charge is 0.573 e. The molecule has 0 aromatic heterocycles. The molecule has 5 nitrogen and oxygen atoms in total. The van der Waals surface area contributed by atoms with E-state index >= 15 is 0 Å². The van der Waals surface area contributed by atoms with Crippen LogP contribution in [0.5, 0.6) is 5.75 Å². The van der Waals surface area contributed by atoms with E-state index in [-0.39, 0.29) is 0 Å². The van der Waals surface area contributed by atoms with Crippen molar-refractivity contribution >= 4 is 36.9 Å². The lowest BCUT2D eigenvalue weighted by molar-refractivity contribution is -0.275. The van der Waals surface area contributed by atoms with Crippen LogP contribution in [0.25, 0.3) is 0 Å². The fraction of sp³-hybridized carbons (Fsp3) is 0.300. The molecule has 0 fully saturated rings. The Morgan fingerprint density at radius 3 is 2.43 bits per heavy atom. The molecule has 1 aromatic rings. The minimum atomic E-state index is -5.03. The molecule has 1 atom stereocenters. The third-order valence-corrected chi connectivity index (χ3v) is 6.58. The van der Waals surface area contributed by atoms with E-state index in [0.717, 1.165) is 23.9 Å². The number of halogens is 3. The first-order valence-electron chi connectivity index (χ1n) is 5.13. The molecule has 0 amide bonds. The molecule has 0 aliphatic heterocycles. The molecule has 0 radical (unpaired) electrons. The van der Waals surface area contributed by atoms with Crippen molar-refractivity contribution in [1.82, 2.24) is 0 Å². The van der Waals surface area contributed by atoms with Crippen molar-refractivity contribution in [2.75, 3.05) is 12.5 Å². The number of benzene rings is 1. The molecule has 0 aliphatic rings. The van der Waals surface area contributed by atoms with Gasteiger partial charge < -0.3 is 4.74 Å². The Hall–Kier alpha value is -1.07. The minimum Gasteiger partial charge on any atom is -0.404 e. The van der Waals surface area contributed by atoms with Gasteiger partial charge in [-0.1, -0.05) is 23.9 Å². The topological polar surface area (TPSA) is 72.8 Å². The van der Waals surface area contributed by atoms with Crippen LogP contribution in [-0.4, -0.2) is 31.7 Å². The van der Waals surface area contributed by atoms with Crippen molar-refractivity contribution in [3.63, 3.8) is 0 Å².